The van der Waals surface area contributed by atoms with Gasteiger partial charge in [-0.2, -0.15) is 0 Å². The maximum Gasteiger partial charge on any atom is 0.168 e. The Morgan fingerprint density at radius 1 is 1.69 bits per heavy atom. The van der Waals surface area contributed by atoms with Crippen molar-refractivity contribution in [2.75, 3.05) is 6.61 Å². The molecule has 0 bridgehead atoms. The first kappa shape index (κ1) is 8.95. The summed E-state index contributed by atoms with van der Waals surface area (Å²) < 4.78 is 5.65. The molecule has 0 radical (unpaired) electrons. The number of carbonyl (C=O) groups excluding carboxylic acids is 1. The van der Waals surface area contributed by atoms with Crippen LogP contribution in [0.2, 0.25) is 0 Å². The summed E-state index contributed by atoms with van der Waals surface area (Å²) in [5, 5.41) is 0. The second-order valence-electron chi connectivity index (χ2n) is 3.97. The summed E-state index contributed by atoms with van der Waals surface area (Å²) in [5.74, 6) is 0.820. The molecule has 1 fully saturated rings. The SMILES string of the molecule is CCOC12CCC=CC1C(C)C2=O. The van der Waals surface area contributed by atoms with E-state index in [1.54, 1.807) is 0 Å². The maximum absolute atomic E-state index is 11.7. The number of ketones is 1. The van der Waals surface area contributed by atoms with E-state index in [1.165, 1.54) is 0 Å². The van der Waals surface area contributed by atoms with Gasteiger partial charge in [0, 0.05) is 18.4 Å². The monoisotopic (exact) mass is 180 g/mol. The van der Waals surface area contributed by atoms with Crippen LogP contribution in [0.25, 0.3) is 0 Å². The molecule has 0 amide bonds. The van der Waals surface area contributed by atoms with Gasteiger partial charge in [0.05, 0.1) is 0 Å². The Bertz CT molecular complexity index is 257. The van der Waals surface area contributed by atoms with Crippen LogP contribution in [0.1, 0.15) is 26.7 Å². The van der Waals surface area contributed by atoms with Crippen molar-refractivity contribution >= 4 is 5.78 Å². The van der Waals surface area contributed by atoms with Crippen molar-refractivity contribution in [1.82, 2.24) is 0 Å². The van der Waals surface area contributed by atoms with Crippen LogP contribution in [0.5, 0.6) is 0 Å². The molecule has 0 aliphatic heterocycles. The van der Waals surface area contributed by atoms with Crippen molar-refractivity contribution in [2.45, 2.75) is 32.3 Å². The summed E-state index contributed by atoms with van der Waals surface area (Å²) in [7, 11) is 0. The zero-order valence-corrected chi connectivity index (χ0v) is 8.25. The fourth-order valence-corrected chi connectivity index (χ4v) is 2.67. The van der Waals surface area contributed by atoms with Crippen molar-refractivity contribution in [2.24, 2.45) is 11.8 Å². The third kappa shape index (κ3) is 1.01. The molecule has 3 unspecified atom stereocenters. The molecule has 3 atom stereocenters. The number of fused-ring (bicyclic) bond motifs is 1. The van der Waals surface area contributed by atoms with Crippen LogP contribution in [-0.2, 0) is 9.53 Å². The van der Waals surface area contributed by atoms with Crippen LogP contribution in [-0.4, -0.2) is 18.0 Å². The number of hydrogen-bond acceptors (Lipinski definition) is 2. The first-order valence-corrected chi connectivity index (χ1v) is 5.07. The molecule has 0 spiro atoms. The van der Waals surface area contributed by atoms with Gasteiger partial charge in [0.2, 0.25) is 0 Å². The van der Waals surface area contributed by atoms with E-state index in [0.29, 0.717) is 18.3 Å². The van der Waals surface area contributed by atoms with Crippen molar-refractivity contribution in [1.29, 1.82) is 0 Å². The Morgan fingerprint density at radius 2 is 2.46 bits per heavy atom. The maximum atomic E-state index is 11.7. The Kier molecular flexibility index (Phi) is 2.03. The molecular formula is C11H16O2. The third-order valence-electron chi connectivity index (χ3n) is 3.34. The van der Waals surface area contributed by atoms with Crippen LogP contribution in [0.4, 0.5) is 0 Å². The van der Waals surface area contributed by atoms with Gasteiger partial charge in [-0.05, 0) is 19.8 Å². The number of carbonyl (C=O) groups is 1. The standard InChI is InChI=1S/C11H16O2/c1-3-13-11-7-5-4-6-9(11)8(2)10(11)12/h4,6,8-9H,3,5,7H2,1-2H3. The Balaban J connectivity index is 2.24. The molecule has 2 nitrogen and oxygen atoms in total. The van der Waals surface area contributed by atoms with E-state index in [2.05, 4.69) is 12.2 Å². The van der Waals surface area contributed by atoms with E-state index in [-0.39, 0.29) is 5.92 Å². The first-order chi connectivity index (χ1) is 6.22. The molecular weight excluding hydrogens is 164 g/mol. The molecule has 72 valence electrons. The molecule has 0 aromatic heterocycles. The molecule has 0 aromatic rings. The number of Topliss-reactive ketones (excluding diaryl/α,β-unsaturated/α-hetero) is 1. The first-order valence-electron chi connectivity index (χ1n) is 5.07. The molecule has 2 rings (SSSR count). The van der Waals surface area contributed by atoms with Crippen LogP contribution >= 0.6 is 0 Å². The van der Waals surface area contributed by atoms with Gasteiger partial charge in [0.1, 0.15) is 5.60 Å². The van der Waals surface area contributed by atoms with Crippen LogP contribution < -0.4 is 0 Å². The molecule has 2 heteroatoms. The van der Waals surface area contributed by atoms with E-state index >= 15 is 0 Å². The summed E-state index contributed by atoms with van der Waals surface area (Å²) in [6, 6.07) is 0. The molecule has 2 aliphatic rings. The normalized spacial score (nSPS) is 42.8. The molecule has 1 saturated carbocycles. The lowest BCUT2D eigenvalue weighted by atomic mass is 9.57. The summed E-state index contributed by atoms with van der Waals surface area (Å²) in [4.78, 5) is 11.7. The van der Waals surface area contributed by atoms with Gasteiger partial charge in [0.15, 0.2) is 5.78 Å². The highest BCUT2D eigenvalue weighted by atomic mass is 16.5. The predicted octanol–water partition coefficient (Wildman–Crippen LogP) is 1.95. The van der Waals surface area contributed by atoms with E-state index in [4.69, 9.17) is 4.74 Å². The van der Waals surface area contributed by atoms with Gasteiger partial charge < -0.3 is 4.74 Å². The second kappa shape index (κ2) is 2.95. The lowest BCUT2D eigenvalue weighted by Gasteiger charge is -2.52. The van der Waals surface area contributed by atoms with E-state index in [0.717, 1.165) is 12.8 Å². The molecule has 2 aliphatic carbocycles. The Labute approximate surface area is 79.0 Å². The fourth-order valence-electron chi connectivity index (χ4n) is 2.67. The van der Waals surface area contributed by atoms with Gasteiger partial charge in [-0.25, -0.2) is 0 Å². The second-order valence-corrected chi connectivity index (χ2v) is 3.97. The summed E-state index contributed by atoms with van der Waals surface area (Å²) in [6.07, 6.45) is 6.19. The summed E-state index contributed by atoms with van der Waals surface area (Å²) in [6.45, 7) is 4.60. The fraction of sp³-hybridized carbons (Fsp3) is 0.727. The Morgan fingerprint density at radius 3 is 3.15 bits per heavy atom. The van der Waals surface area contributed by atoms with Crippen molar-refractivity contribution in [3.63, 3.8) is 0 Å². The zero-order valence-electron chi connectivity index (χ0n) is 8.25. The average Bonchev–Trinajstić information content (AvgIpc) is 2.17. The minimum Gasteiger partial charge on any atom is -0.367 e. The van der Waals surface area contributed by atoms with E-state index in [9.17, 15) is 4.79 Å². The zero-order chi connectivity index (χ0) is 9.47. The Hall–Kier alpha value is -0.630. The largest absolute Gasteiger partial charge is 0.367 e. The minimum absolute atomic E-state index is 0.170. The molecule has 0 saturated heterocycles. The number of allylic oxidation sites excluding steroid dienone is 1. The van der Waals surface area contributed by atoms with Crippen LogP contribution in [0, 0.1) is 11.8 Å². The molecule has 0 N–H and O–H groups in total. The smallest absolute Gasteiger partial charge is 0.168 e. The highest BCUT2D eigenvalue weighted by Gasteiger charge is 2.60. The van der Waals surface area contributed by atoms with Crippen LogP contribution in [0.3, 0.4) is 0 Å². The number of hydrogen-bond donors (Lipinski definition) is 0. The molecule has 0 heterocycles. The number of ether oxygens (including phenoxy) is 1. The summed E-state index contributed by atoms with van der Waals surface area (Å²) >= 11 is 0. The topological polar surface area (TPSA) is 26.3 Å². The highest BCUT2D eigenvalue weighted by molar-refractivity contribution is 5.97. The van der Waals surface area contributed by atoms with Gasteiger partial charge in [-0.3, -0.25) is 4.79 Å². The van der Waals surface area contributed by atoms with Gasteiger partial charge in [-0.15, -0.1) is 0 Å². The van der Waals surface area contributed by atoms with Crippen molar-refractivity contribution < 1.29 is 9.53 Å². The minimum atomic E-state index is -0.428. The lowest BCUT2D eigenvalue weighted by molar-refractivity contribution is -0.184. The van der Waals surface area contributed by atoms with Crippen molar-refractivity contribution in [3.8, 4) is 0 Å². The highest BCUT2D eigenvalue weighted by Crippen LogP contribution is 2.49. The average molecular weight is 180 g/mol. The third-order valence-corrected chi connectivity index (χ3v) is 3.34. The van der Waals surface area contributed by atoms with E-state index < -0.39 is 5.60 Å². The lowest BCUT2D eigenvalue weighted by Crippen LogP contribution is -2.64. The van der Waals surface area contributed by atoms with Crippen LogP contribution in [0.15, 0.2) is 12.2 Å². The van der Waals surface area contributed by atoms with Gasteiger partial charge in [-0.1, -0.05) is 19.1 Å². The van der Waals surface area contributed by atoms with Gasteiger partial charge >= 0.3 is 0 Å². The summed E-state index contributed by atoms with van der Waals surface area (Å²) in [5.41, 5.74) is -0.428. The molecule has 0 aromatic carbocycles. The van der Waals surface area contributed by atoms with Gasteiger partial charge in [0.25, 0.3) is 0 Å². The predicted molar refractivity (Wildman–Crippen MR) is 50.4 cm³/mol. The van der Waals surface area contributed by atoms with E-state index in [1.807, 2.05) is 13.8 Å². The molecule has 13 heavy (non-hydrogen) atoms. The quantitative estimate of drug-likeness (QED) is 0.607. The van der Waals surface area contributed by atoms with Crippen molar-refractivity contribution in [3.05, 3.63) is 12.2 Å². The number of rotatable bonds is 2.